The largest absolute Gasteiger partial charge is 0.366 e. The molecule has 2 aliphatic heterocycles. The maximum absolute atomic E-state index is 6.18. The fourth-order valence-electron chi connectivity index (χ4n) is 3.43. The molecule has 0 spiro atoms. The standard InChI is InChI=1S/C16H25ClN4/c1-16(2,3)15-19-13(17)10-14(20-15)18-11-7-9-21-8-5-4-6-12(11)21/h10-12H,4-9H2,1-3H3,(H,18,19,20). The van der Waals surface area contributed by atoms with Gasteiger partial charge in [-0.05, 0) is 25.8 Å². The molecule has 0 saturated carbocycles. The second-order valence-electron chi connectivity index (χ2n) is 7.29. The Hall–Kier alpha value is -0.870. The van der Waals surface area contributed by atoms with Crippen LogP contribution in [0.15, 0.2) is 6.07 Å². The molecular weight excluding hydrogens is 284 g/mol. The van der Waals surface area contributed by atoms with Gasteiger partial charge in [0, 0.05) is 30.1 Å². The molecule has 0 radical (unpaired) electrons. The molecule has 21 heavy (non-hydrogen) atoms. The number of aromatic nitrogens is 2. The summed E-state index contributed by atoms with van der Waals surface area (Å²) in [6, 6.07) is 3.00. The SMILES string of the molecule is CC(C)(C)c1nc(Cl)cc(NC2CCN3CCCCC23)n1. The van der Waals surface area contributed by atoms with E-state index in [1.807, 2.05) is 6.07 Å². The van der Waals surface area contributed by atoms with E-state index in [4.69, 9.17) is 11.6 Å². The lowest BCUT2D eigenvalue weighted by Crippen LogP contribution is -2.41. The molecule has 2 aliphatic rings. The van der Waals surface area contributed by atoms with Gasteiger partial charge in [-0.1, -0.05) is 38.8 Å². The molecule has 116 valence electrons. The van der Waals surface area contributed by atoms with Crippen molar-refractivity contribution in [3.8, 4) is 0 Å². The van der Waals surface area contributed by atoms with E-state index in [0.717, 1.165) is 11.6 Å². The second-order valence-corrected chi connectivity index (χ2v) is 7.68. The molecule has 3 rings (SSSR count). The summed E-state index contributed by atoms with van der Waals surface area (Å²) in [4.78, 5) is 11.7. The van der Waals surface area contributed by atoms with Crippen molar-refractivity contribution in [1.82, 2.24) is 14.9 Å². The van der Waals surface area contributed by atoms with Crippen LogP contribution in [0.4, 0.5) is 5.82 Å². The minimum Gasteiger partial charge on any atom is -0.366 e. The van der Waals surface area contributed by atoms with Gasteiger partial charge in [0.25, 0.3) is 0 Å². The molecule has 3 heterocycles. The van der Waals surface area contributed by atoms with Gasteiger partial charge in [-0.3, -0.25) is 4.90 Å². The van der Waals surface area contributed by atoms with Crippen LogP contribution in [0.25, 0.3) is 0 Å². The Kier molecular flexibility index (Phi) is 4.10. The molecule has 0 aliphatic carbocycles. The summed E-state index contributed by atoms with van der Waals surface area (Å²) in [6.07, 6.45) is 5.17. The van der Waals surface area contributed by atoms with Crippen LogP contribution in [-0.4, -0.2) is 40.0 Å². The van der Waals surface area contributed by atoms with E-state index in [2.05, 4.69) is 41.0 Å². The first kappa shape index (κ1) is 15.0. The molecule has 2 fully saturated rings. The minimum absolute atomic E-state index is 0.0894. The third-order valence-corrected chi connectivity index (χ3v) is 4.75. The molecule has 5 heteroatoms. The maximum Gasteiger partial charge on any atom is 0.137 e. The molecular formula is C16H25ClN4. The average molecular weight is 309 g/mol. The van der Waals surface area contributed by atoms with Crippen molar-refractivity contribution in [2.24, 2.45) is 0 Å². The zero-order chi connectivity index (χ0) is 15.0. The lowest BCUT2D eigenvalue weighted by atomic mass is 9.96. The average Bonchev–Trinajstić information content (AvgIpc) is 2.81. The number of piperidine rings is 1. The molecule has 0 aromatic carbocycles. The highest BCUT2D eigenvalue weighted by atomic mass is 35.5. The Morgan fingerprint density at radius 3 is 2.76 bits per heavy atom. The van der Waals surface area contributed by atoms with Gasteiger partial charge in [-0.2, -0.15) is 0 Å². The summed E-state index contributed by atoms with van der Waals surface area (Å²) in [7, 11) is 0. The number of halogens is 1. The van der Waals surface area contributed by atoms with E-state index in [1.54, 1.807) is 0 Å². The Balaban J connectivity index is 1.77. The van der Waals surface area contributed by atoms with Gasteiger partial charge in [0.2, 0.25) is 0 Å². The van der Waals surface area contributed by atoms with E-state index in [0.29, 0.717) is 17.2 Å². The van der Waals surface area contributed by atoms with Gasteiger partial charge in [0.15, 0.2) is 0 Å². The van der Waals surface area contributed by atoms with Crippen LogP contribution in [0.3, 0.4) is 0 Å². The van der Waals surface area contributed by atoms with Crippen molar-refractivity contribution in [1.29, 1.82) is 0 Å². The number of fused-ring (bicyclic) bond motifs is 1. The normalized spacial score (nSPS) is 26.7. The fraction of sp³-hybridized carbons (Fsp3) is 0.750. The van der Waals surface area contributed by atoms with Gasteiger partial charge < -0.3 is 5.32 Å². The number of hydrogen-bond acceptors (Lipinski definition) is 4. The van der Waals surface area contributed by atoms with Gasteiger partial charge in [-0.15, -0.1) is 0 Å². The van der Waals surface area contributed by atoms with Crippen LogP contribution >= 0.6 is 11.6 Å². The van der Waals surface area contributed by atoms with Crippen LogP contribution in [-0.2, 0) is 5.41 Å². The summed E-state index contributed by atoms with van der Waals surface area (Å²) in [5, 5.41) is 4.14. The van der Waals surface area contributed by atoms with Crippen molar-refractivity contribution >= 4 is 17.4 Å². The molecule has 2 atom stereocenters. The lowest BCUT2D eigenvalue weighted by Gasteiger charge is -2.32. The molecule has 0 amide bonds. The van der Waals surface area contributed by atoms with Gasteiger partial charge >= 0.3 is 0 Å². The topological polar surface area (TPSA) is 41.1 Å². The second kappa shape index (κ2) is 5.73. The molecule has 1 N–H and O–H groups in total. The van der Waals surface area contributed by atoms with Crippen molar-refractivity contribution in [2.75, 3.05) is 18.4 Å². The summed E-state index contributed by atoms with van der Waals surface area (Å²) in [5.74, 6) is 1.67. The summed E-state index contributed by atoms with van der Waals surface area (Å²) < 4.78 is 0. The zero-order valence-corrected chi connectivity index (χ0v) is 14.0. The third-order valence-electron chi connectivity index (χ3n) is 4.55. The summed E-state index contributed by atoms with van der Waals surface area (Å²) in [5.41, 5.74) is -0.0894. The van der Waals surface area contributed by atoms with Crippen LogP contribution in [0.5, 0.6) is 0 Å². The van der Waals surface area contributed by atoms with E-state index in [-0.39, 0.29) is 5.41 Å². The predicted octanol–water partition coefficient (Wildman–Crippen LogP) is 3.47. The number of anilines is 1. The van der Waals surface area contributed by atoms with Crippen LogP contribution < -0.4 is 5.32 Å². The number of nitrogens with one attached hydrogen (secondary N) is 1. The predicted molar refractivity (Wildman–Crippen MR) is 87.0 cm³/mol. The molecule has 0 bridgehead atoms. The van der Waals surface area contributed by atoms with Crippen molar-refractivity contribution in [2.45, 2.75) is 64.0 Å². The van der Waals surface area contributed by atoms with E-state index in [9.17, 15) is 0 Å². The molecule has 1 aromatic rings. The quantitative estimate of drug-likeness (QED) is 0.849. The van der Waals surface area contributed by atoms with Gasteiger partial charge in [0.1, 0.15) is 16.8 Å². The maximum atomic E-state index is 6.18. The first-order chi connectivity index (χ1) is 9.93. The fourth-order valence-corrected chi connectivity index (χ4v) is 3.62. The van der Waals surface area contributed by atoms with E-state index >= 15 is 0 Å². The first-order valence-corrected chi connectivity index (χ1v) is 8.37. The highest BCUT2D eigenvalue weighted by Gasteiger charge is 2.35. The highest BCUT2D eigenvalue weighted by molar-refractivity contribution is 6.29. The highest BCUT2D eigenvalue weighted by Crippen LogP contribution is 2.30. The van der Waals surface area contributed by atoms with Crippen molar-refractivity contribution in [3.63, 3.8) is 0 Å². The number of rotatable bonds is 2. The number of hydrogen-bond donors (Lipinski definition) is 1. The van der Waals surface area contributed by atoms with E-state index < -0.39 is 0 Å². The Bertz CT molecular complexity index is 511. The van der Waals surface area contributed by atoms with Gasteiger partial charge in [0.05, 0.1) is 0 Å². The Morgan fingerprint density at radius 2 is 2.00 bits per heavy atom. The zero-order valence-electron chi connectivity index (χ0n) is 13.2. The minimum atomic E-state index is -0.0894. The van der Waals surface area contributed by atoms with Crippen molar-refractivity contribution < 1.29 is 0 Å². The van der Waals surface area contributed by atoms with Gasteiger partial charge in [-0.25, -0.2) is 9.97 Å². The molecule has 2 unspecified atom stereocenters. The van der Waals surface area contributed by atoms with Crippen LogP contribution in [0.1, 0.15) is 52.3 Å². The smallest absolute Gasteiger partial charge is 0.137 e. The Labute approximate surface area is 132 Å². The van der Waals surface area contributed by atoms with Crippen LogP contribution in [0.2, 0.25) is 5.15 Å². The van der Waals surface area contributed by atoms with Crippen LogP contribution in [0, 0.1) is 0 Å². The number of nitrogens with zero attached hydrogens (tertiary/aromatic N) is 3. The molecule has 2 saturated heterocycles. The van der Waals surface area contributed by atoms with Crippen molar-refractivity contribution in [3.05, 3.63) is 17.0 Å². The summed E-state index contributed by atoms with van der Waals surface area (Å²) >= 11 is 6.18. The monoisotopic (exact) mass is 308 g/mol. The third kappa shape index (κ3) is 3.32. The Morgan fingerprint density at radius 1 is 1.19 bits per heavy atom. The van der Waals surface area contributed by atoms with E-state index in [1.165, 1.54) is 38.8 Å². The lowest BCUT2D eigenvalue weighted by molar-refractivity contribution is 0.192. The molecule has 1 aromatic heterocycles. The first-order valence-electron chi connectivity index (χ1n) is 7.99. The molecule has 4 nitrogen and oxygen atoms in total. The summed E-state index contributed by atoms with van der Waals surface area (Å²) in [6.45, 7) is 8.79.